The predicted octanol–water partition coefficient (Wildman–Crippen LogP) is -0.206. The normalized spacial score (nSPS) is 9.33. The minimum atomic E-state index is -0.226. The van der Waals surface area contributed by atoms with E-state index in [2.05, 4.69) is 22.1 Å². The van der Waals surface area contributed by atoms with Crippen LogP contribution in [0.5, 0.6) is 0 Å². The number of anilines is 1. The first-order valence-corrected chi connectivity index (χ1v) is 3.42. The molecule has 4 N–H and O–H groups in total. The zero-order valence-corrected chi connectivity index (χ0v) is 6.50. The van der Waals surface area contributed by atoms with Crippen LogP contribution in [0.3, 0.4) is 0 Å². The van der Waals surface area contributed by atoms with E-state index in [0.29, 0.717) is 12.4 Å². The molecular formula is C7H10N4O. The van der Waals surface area contributed by atoms with Crippen molar-refractivity contribution in [3.05, 3.63) is 24.4 Å². The van der Waals surface area contributed by atoms with Gasteiger partial charge >= 0.3 is 0 Å². The number of carbonyl (C=O) groups is 1. The van der Waals surface area contributed by atoms with Gasteiger partial charge < -0.3 is 11.1 Å². The average molecular weight is 166 g/mol. The minimum Gasteiger partial charge on any atom is -0.384 e. The van der Waals surface area contributed by atoms with Crippen LogP contribution >= 0.6 is 0 Å². The third-order valence-electron chi connectivity index (χ3n) is 1.39. The summed E-state index contributed by atoms with van der Waals surface area (Å²) >= 11 is 0. The van der Waals surface area contributed by atoms with E-state index >= 15 is 0 Å². The summed E-state index contributed by atoms with van der Waals surface area (Å²) in [6.45, 7) is 3.68. The molecule has 0 aliphatic carbocycles. The summed E-state index contributed by atoms with van der Waals surface area (Å²) in [6.07, 6.45) is 2.77. The number of rotatable bonds is 3. The van der Waals surface area contributed by atoms with E-state index in [-0.39, 0.29) is 5.91 Å². The number of aromatic nitrogens is 2. The lowest BCUT2D eigenvalue weighted by Crippen LogP contribution is -2.20. The van der Waals surface area contributed by atoms with Crippen molar-refractivity contribution in [1.29, 1.82) is 0 Å². The molecule has 0 saturated heterocycles. The standard InChI is InChI=1S/C7H10N4O/c1-2-6(12)9-3-5-4-10-11-7(5)8/h2,4H,1,3H2,(H,9,12)(H3,8,10,11). The van der Waals surface area contributed by atoms with Crippen molar-refractivity contribution in [1.82, 2.24) is 15.5 Å². The largest absolute Gasteiger partial charge is 0.384 e. The number of nitrogen functional groups attached to an aromatic ring is 1. The number of nitrogens with two attached hydrogens (primary N) is 1. The number of carbonyl (C=O) groups excluding carboxylic acids is 1. The van der Waals surface area contributed by atoms with Crippen molar-refractivity contribution in [2.75, 3.05) is 5.73 Å². The fraction of sp³-hybridized carbons (Fsp3) is 0.143. The molecule has 0 spiro atoms. The molecule has 0 saturated carbocycles. The van der Waals surface area contributed by atoms with Crippen LogP contribution in [0.15, 0.2) is 18.9 Å². The molecule has 0 aliphatic rings. The first-order valence-electron chi connectivity index (χ1n) is 3.42. The van der Waals surface area contributed by atoms with Gasteiger partial charge in [0.15, 0.2) is 0 Å². The number of hydrogen-bond donors (Lipinski definition) is 3. The summed E-state index contributed by atoms with van der Waals surface area (Å²) in [5.74, 6) is 0.245. The summed E-state index contributed by atoms with van der Waals surface area (Å²) in [5.41, 5.74) is 6.24. The van der Waals surface area contributed by atoms with E-state index in [0.717, 1.165) is 5.56 Å². The maximum Gasteiger partial charge on any atom is 0.243 e. The summed E-state index contributed by atoms with van der Waals surface area (Å²) < 4.78 is 0. The first-order chi connectivity index (χ1) is 5.74. The fourth-order valence-corrected chi connectivity index (χ4v) is 0.716. The van der Waals surface area contributed by atoms with Gasteiger partial charge in [-0.05, 0) is 6.08 Å². The van der Waals surface area contributed by atoms with Crippen LogP contribution in [-0.2, 0) is 11.3 Å². The Balaban J connectivity index is 2.48. The van der Waals surface area contributed by atoms with Gasteiger partial charge in [-0.3, -0.25) is 9.89 Å². The molecule has 1 amide bonds. The van der Waals surface area contributed by atoms with Crippen LogP contribution < -0.4 is 11.1 Å². The molecule has 0 atom stereocenters. The molecule has 64 valence electrons. The maximum atomic E-state index is 10.7. The Morgan fingerprint density at radius 2 is 2.67 bits per heavy atom. The van der Waals surface area contributed by atoms with Crippen LogP contribution in [0.2, 0.25) is 0 Å². The van der Waals surface area contributed by atoms with Crippen LogP contribution in [0, 0.1) is 0 Å². The second-order valence-corrected chi connectivity index (χ2v) is 2.23. The van der Waals surface area contributed by atoms with E-state index in [4.69, 9.17) is 5.73 Å². The Hall–Kier alpha value is -1.78. The molecule has 0 radical (unpaired) electrons. The van der Waals surface area contributed by atoms with Gasteiger partial charge in [0, 0.05) is 12.1 Å². The van der Waals surface area contributed by atoms with Crippen LogP contribution in [0.4, 0.5) is 5.82 Å². The molecule has 12 heavy (non-hydrogen) atoms. The van der Waals surface area contributed by atoms with Gasteiger partial charge in [0.05, 0.1) is 6.20 Å². The summed E-state index contributed by atoms with van der Waals surface area (Å²) in [5, 5.41) is 8.84. The highest BCUT2D eigenvalue weighted by molar-refractivity contribution is 5.86. The number of aromatic amines is 1. The smallest absolute Gasteiger partial charge is 0.243 e. The summed E-state index contributed by atoms with van der Waals surface area (Å²) in [6, 6.07) is 0. The van der Waals surface area contributed by atoms with E-state index < -0.39 is 0 Å². The van der Waals surface area contributed by atoms with Gasteiger partial charge in [-0.1, -0.05) is 6.58 Å². The monoisotopic (exact) mass is 166 g/mol. The van der Waals surface area contributed by atoms with Gasteiger partial charge in [-0.15, -0.1) is 0 Å². The third kappa shape index (κ3) is 1.85. The van der Waals surface area contributed by atoms with Crippen LogP contribution in [0.25, 0.3) is 0 Å². The van der Waals surface area contributed by atoms with Gasteiger partial charge in [0.2, 0.25) is 5.91 Å². The summed E-state index contributed by atoms with van der Waals surface area (Å²) in [7, 11) is 0. The highest BCUT2D eigenvalue weighted by atomic mass is 16.1. The van der Waals surface area contributed by atoms with Gasteiger partial charge in [-0.2, -0.15) is 5.10 Å². The molecule has 5 nitrogen and oxygen atoms in total. The third-order valence-corrected chi connectivity index (χ3v) is 1.39. The second-order valence-electron chi connectivity index (χ2n) is 2.23. The maximum absolute atomic E-state index is 10.7. The Labute approximate surface area is 69.7 Å². The number of amides is 1. The van der Waals surface area contributed by atoms with Crippen molar-refractivity contribution >= 4 is 11.7 Å². The number of nitrogens with zero attached hydrogens (tertiary/aromatic N) is 1. The Bertz CT molecular complexity index is 291. The molecule has 0 unspecified atom stereocenters. The molecule has 1 heterocycles. The molecule has 1 aromatic heterocycles. The van der Waals surface area contributed by atoms with E-state index in [1.165, 1.54) is 6.08 Å². The van der Waals surface area contributed by atoms with Crippen molar-refractivity contribution < 1.29 is 4.79 Å². The van der Waals surface area contributed by atoms with Crippen LogP contribution in [-0.4, -0.2) is 16.1 Å². The van der Waals surface area contributed by atoms with Gasteiger partial charge in [0.25, 0.3) is 0 Å². The fourth-order valence-electron chi connectivity index (χ4n) is 0.716. The highest BCUT2D eigenvalue weighted by Crippen LogP contribution is 2.04. The van der Waals surface area contributed by atoms with Crippen molar-refractivity contribution in [2.45, 2.75) is 6.54 Å². The Kier molecular flexibility index (Phi) is 2.47. The number of hydrogen-bond acceptors (Lipinski definition) is 3. The van der Waals surface area contributed by atoms with Crippen molar-refractivity contribution in [2.24, 2.45) is 0 Å². The number of nitrogens with one attached hydrogen (secondary N) is 2. The van der Waals surface area contributed by atoms with Gasteiger partial charge in [0.1, 0.15) is 5.82 Å². The molecule has 0 aliphatic heterocycles. The zero-order chi connectivity index (χ0) is 8.97. The Morgan fingerprint density at radius 1 is 1.92 bits per heavy atom. The Morgan fingerprint density at radius 3 is 3.17 bits per heavy atom. The molecular weight excluding hydrogens is 156 g/mol. The average Bonchev–Trinajstić information content (AvgIpc) is 2.47. The van der Waals surface area contributed by atoms with E-state index in [1.807, 2.05) is 0 Å². The first kappa shape index (κ1) is 8.32. The van der Waals surface area contributed by atoms with Crippen molar-refractivity contribution in [3.8, 4) is 0 Å². The zero-order valence-electron chi connectivity index (χ0n) is 6.50. The predicted molar refractivity (Wildman–Crippen MR) is 45.0 cm³/mol. The lowest BCUT2D eigenvalue weighted by Gasteiger charge is -1.98. The molecule has 0 aromatic carbocycles. The lowest BCUT2D eigenvalue weighted by molar-refractivity contribution is -0.116. The molecule has 0 fully saturated rings. The highest BCUT2D eigenvalue weighted by Gasteiger charge is 2.00. The van der Waals surface area contributed by atoms with Crippen LogP contribution in [0.1, 0.15) is 5.56 Å². The molecule has 5 heteroatoms. The molecule has 1 aromatic rings. The summed E-state index contributed by atoms with van der Waals surface area (Å²) in [4.78, 5) is 10.7. The van der Waals surface area contributed by atoms with E-state index in [9.17, 15) is 4.79 Å². The SMILES string of the molecule is C=CC(=O)NCc1cn[nH]c1N. The van der Waals surface area contributed by atoms with Crippen molar-refractivity contribution in [3.63, 3.8) is 0 Å². The van der Waals surface area contributed by atoms with E-state index in [1.54, 1.807) is 6.20 Å². The topological polar surface area (TPSA) is 83.8 Å². The quantitative estimate of drug-likeness (QED) is 0.543. The lowest BCUT2D eigenvalue weighted by atomic mass is 10.3. The second kappa shape index (κ2) is 3.56. The minimum absolute atomic E-state index is 0.226. The molecule has 0 bridgehead atoms. The number of H-pyrrole nitrogens is 1. The molecule has 1 rings (SSSR count). The van der Waals surface area contributed by atoms with Gasteiger partial charge in [-0.25, -0.2) is 0 Å².